The average molecular weight is 414 g/mol. The fourth-order valence-corrected chi connectivity index (χ4v) is 4.44. The van der Waals surface area contributed by atoms with Crippen molar-refractivity contribution in [1.29, 1.82) is 0 Å². The van der Waals surface area contributed by atoms with Crippen molar-refractivity contribution < 1.29 is 23.2 Å². The molecule has 0 aromatic heterocycles. The molecule has 0 saturated heterocycles. The number of aliphatic hydroxyl groups excluding tert-OH is 1. The number of carbonyl (C=O) groups excluding carboxylic acids is 1. The van der Waals surface area contributed by atoms with Gasteiger partial charge in [-0.1, -0.05) is 6.92 Å². The van der Waals surface area contributed by atoms with Crippen molar-refractivity contribution in [1.82, 2.24) is 10.0 Å². The van der Waals surface area contributed by atoms with Gasteiger partial charge in [0, 0.05) is 19.2 Å². The molecule has 1 atom stereocenters. The van der Waals surface area contributed by atoms with E-state index in [2.05, 4.69) is 22.3 Å². The van der Waals surface area contributed by atoms with Gasteiger partial charge < -0.3 is 15.7 Å². The molecule has 10 nitrogen and oxygen atoms in total. The zero-order valence-corrected chi connectivity index (χ0v) is 16.7. The molecule has 0 aliphatic heterocycles. The molecule has 0 unspecified atom stereocenters. The summed E-state index contributed by atoms with van der Waals surface area (Å²) < 4.78 is 27.9. The molecule has 1 aromatic carbocycles. The summed E-state index contributed by atoms with van der Waals surface area (Å²) in [6.07, 6.45) is 1.94. The molecule has 0 heterocycles. The number of nitro benzene ring substituents is 1. The van der Waals surface area contributed by atoms with Crippen LogP contribution >= 0.6 is 0 Å². The van der Waals surface area contributed by atoms with Crippen molar-refractivity contribution in [3.63, 3.8) is 0 Å². The lowest BCUT2D eigenvalue weighted by Gasteiger charge is -2.26. The highest BCUT2D eigenvalue weighted by Crippen LogP contribution is 2.29. The Labute approximate surface area is 163 Å². The van der Waals surface area contributed by atoms with Crippen LogP contribution in [-0.2, 0) is 14.8 Å². The van der Waals surface area contributed by atoms with Crippen molar-refractivity contribution in [2.24, 2.45) is 5.92 Å². The van der Waals surface area contributed by atoms with Crippen LogP contribution in [0.25, 0.3) is 0 Å². The Kier molecular flexibility index (Phi) is 7.33. The van der Waals surface area contributed by atoms with Crippen molar-refractivity contribution in [3.05, 3.63) is 28.3 Å². The Morgan fingerprint density at radius 3 is 2.54 bits per heavy atom. The van der Waals surface area contributed by atoms with Crippen molar-refractivity contribution in [2.45, 2.75) is 49.6 Å². The highest BCUT2D eigenvalue weighted by molar-refractivity contribution is 7.89. The summed E-state index contributed by atoms with van der Waals surface area (Å²) in [7, 11) is -2.54. The molecule has 1 amide bonds. The molecule has 1 fully saturated rings. The summed E-state index contributed by atoms with van der Waals surface area (Å²) in [5, 5.41) is 25.9. The second-order valence-electron chi connectivity index (χ2n) is 7.03. The maximum absolute atomic E-state index is 12.6. The summed E-state index contributed by atoms with van der Waals surface area (Å²) in [6, 6.07) is 3.31. The molecule has 4 N–H and O–H groups in total. The number of nitrogens with one attached hydrogen (secondary N) is 3. The van der Waals surface area contributed by atoms with E-state index >= 15 is 0 Å². The van der Waals surface area contributed by atoms with Crippen LogP contribution in [0.3, 0.4) is 0 Å². The number of anilines is 1. The lowest BCUT2D eigenvalue weighted by atomic mass is 9.88. The van der Waals surface area contributed by atoms with E-state index in [4.69, 9.17) is 0 Å². The van der Waals surface area contributed by atoms with Crippen LogP contribution in [-0.4, -0.2) is 50.1 Å². The van der Waals surface area contributed by atoms with E-state index in [1.807, 2.05) is 0 Å². The summed E-state index contributed by atoms with van der Waals surface area (Å²) in [5.41, 5.74) is -0.442. The highest BCUT2D eigenvalue weighted by atomic mass is 32.2. The van der Waals surface area contributed by atoms with Crippen molar-refractivity contribution in [2.75, 3.05) is 18.9 Å². The topological polar surface area (TPSA) is 151 Å². The third-order valence-corrected chi connectivity index (χ3v) is 6.37. The molecule has 11 heteroatoms. The predicted molar refractivity (Wildman–Crippen MR) is 103 cm³/mol. The molecule has 1 aliphatic carbocycles. The first-order valence-electron chi connectivity index (χ1n) is 9.08. The monoisotopic (exact) mass is 414 g/mol. The second kappa shape index (κ2) is 9.30. The van der Waals surface area contributed by atoms with Crippen LogP contribution in [0.5, 0.6) is 0 Å². The maximum atomic E-state index is 12.6. The summed E-state index contributed by atoms with van der Waals surface area (Å²) in [4.78, 5) is 21.8. The standard InChI is InChI=1S/C17H26N4O6S/c1-11-3-5-12(6-4-11)20-28(26,27)13-7-8-14(15(9-13)21(24)25)19-10-16(22)17(23)18-2/h7-9,11-12,16,19-20,22H,3-6,10H2,1-2H3,(H,18,23)/t11?,12?,16-/m0/s1. The maximum Gasteiger partial charge on any atom is 0.293 e. The number of nitro groups is 1. The van der Waals surface area contributed by atoms with E-state index in [0.717, 1.165) is 31.7 Å². The molecule has 1 aliphatic rings. The van der Waals surface area contributed by atoms with E-state index in [1.165, 1.54) is 19.2 Å². The predicted octanol–water partition coefficient (Wildman–Crippen LogP) is 0.971. The zero-order chi connectivity index (χ0) is 20.9. The first-order valence-corrected chi connectivity index (χ1v) is 10.6. The number of aliphatic hydroxyl groups is 1. The van der Waals surface area contributed by atoms with Gasteiger partial charge in [-0.2, -0.15) is 0 Å². The molecular weight excluding hydrogens is 388 g/mol. The van der Waals surface area contributed by atoms with Crippen molar-refractivity contribution in [3.8, 4) is 0 Å². The van der Waals surface area contributed by atoms with Crippen LogP contribution in [0.2, 0.25) is 0 Å². The lowest BCUT2D eigenvalue weighted by Crippen LogP contribution is -2.37. The zero-order valence-electron chi connectivity index (χ0n) is 15.8. The fraction of sp³-hybridized carbons (Fsp3) is 0.588. The van der Waals surface area contributed by atoms with Gasteiger partial charge in [0.25, 0.3) is 5.69 Å². The molecule has 1 saturated carbocycles. The first kappa shape index (κ1) is 22.1. The van der Waals surface area contributed by atoms with Gasteiger partial charge in [-0.05, 0) is 43.7 Å². The van der Waals surface area contributed by atoms with Gasteiger partial charge in [-0.25, -0.2) is 13.1 Å². The minimum Gasteiger partial charge on any atom is -0.381 e. The number of sulfonamides is 1. The number of nitrogens with zero attached hydrogens (tertiary/aromatic N) is 1. The highest BCUT2D eigenvalue weighted by Gasteiger charge is 2.26. The third-order valence-electron chi connectivity index (χ3n) is 4.85. The van der Waals surface area contributed by atoms with E-state index in [9.17, 15) is 28.4 Å². The molecule has 0 spiro atoms. The largest absolute Gasteiger partial charge is 0.381 e. The molecule has 2 rings (SSSR count). The van der Waals surface area contributed by atoms with E-state index in [1.54, 1.807) is 0 Å². The first-order chi connectivity index (χ1) is 13.1. The van der Waals surface area contributed by atoms with Gasteiger partial charge in [0.2, 0.25) is 15.9 Å². The number of hydrogen-bond donors (Lipinski definition) is 4. The Balaban J connectivity index is 2.16. The molecule has 1 aromatic rings. The second-order valence-corrected chi connectivity index (χ2v) is 8.74. The Morgan fingerprint density at radius 1 is 1.32 bits per heavy atom. The van der Waals surface area contributed by atoms with Crippen LogP contribution in [0.4, 0.5) is 11.4 Å². The third kappa shape index (κ3) is 5.63. The Hall–Kier alpha value is -2.24. The van der Waals surface area contributed by atoms with Gasteiger partial charge in [-0.3, -0.25) is 14.9 Å². The molecular formula is C17H26N4O6S. The molecule has 0 radical (unpaired) electrons. The summed E-state index contributed by atoms with van der Waals surface area (Å²) in [5.74, 6) is -0.0716. The SMILES string of the molecule is CNC(=O)[C@@H](O)CNc1ccc(S(=O)(=O)NC2CCC(C)CC2)cc1[N+](=O)[O-]. The minimum absolute atomic E-state index is 0.0124. The number of likely N-dealkylation sites (N-methyl/N-ethyl adjacent to an activating group) is 1. The number of hydrogen-bond acceptors (Lipinski definition) is 7. The number of benzene rings is 1. The lowest BCUT2D eigenvalue weighted by molar-refractivity contribution is -0.384. The molecule has 0 bridgehead atoms. The van der Waals surface area contributed by atoms with Crippen LogP contribution < -0.4 is 15.4 Å². The van der Waals surface area contributed by atoms with Crippen LogP contribution in [0.15, 0.2) is 23.1 Å². The van der Waals surface area contributed by atoms with Crippen LogP contribution in [0.1, 0.15) is 32.6 Å². The number of amides is 1. The number of rotatable bonds is 8. The van der Waals surface area contributed by atoms with Crippen LogP contribution in [0, 0.1) is 16.0 Å². The fourth-order valence-electron chi connectivity index (χ4n) is 3.11. The summed E-state index contributed by atoms with van der Waals surface area (Å²) >= 11 is 0. The van der Waals surface area contributed by atoms with Gasteiger partial charge in [0.05, 0.1) is 16.4 Å². The normalized spacial score (nSPS) is 21.0. The minimum atomic E-state index is -3.89. The van der Waals surface area contributed by atoms with Gasteiger partial charge in [0.15, 0.2) is 0 Å². The van der Waals surface area contributed by atoms with Gasteiger partial charge in [0.1, 0.15) is 11.8 Å². The number of carbonyl (C=O) groups is 1. The van der Waals surface area contributed by atoms with Gasteiger partial charge >= 0.3 is 0 Å². The quantitative estimate of drug-likeness (QED) is 0.365. The van der Waals surface area contributed by atoms with Gasteiger partial charge in [-0.15, -0.1) is 0 Å². The Bertz CT molecular complexity index is 821. The van der Waals surface area contributed by atoms with E-state index in [-0.39, 0.29) is 23.2 Å². The summed E-state index contributed by atoms with van der Waals surface area (Å²) in [6.45, 7) is 1.87. The van der Waals surface area contributed by atoms with E-state index in [0.29, 0.717) is 5.92 Å². The Morgan fingerprint density at radius 2 is 1.96 bits per heavy atom. The van der Waals surface area contributed by atoms with E-state index < -0.39 is 32.6 Å². The average Bonchev–Trinajstić information content (AvgIpc) is 2.66. The molecule has 156 valence electrons. The van der Waals surface area contributed by atoms with Crippen molar-refractivity contribution >= 4 is 27.3 Å². The smallest absolute Gasteiger partial charge is 0.293 e. The molecule has 28 heavy (non-hydrogen) atoms.